The minimum atomic E-state index is -0.0924. The van der Waals surface area contributed by atoms with Crippen LogP contribution in [0.3, 0.4) is 0 Å². The average molecular weight is 223 g/mol. The van der Waals surface area contributed by atoms with E-state index >= 15 is 0 Å². The van der Waals surface area contributed by atoms with Gasteiger partial charge in [-0.25, -0.2) is 0 Å². The van der Waals surface area contributed by atoms with Crippen LogP contribution in [0.5, 0.6) is 0 Å². The van der Waals surface area contributed by atoms with Crippen LogP contribution in [0.2, 0.25) is 0 Å². The van der Waals surface area contributed by atoms with Crippen LogP contribution in [0.4, 0.5) is 0 Å². The number of hydrogen-bond donors (Lipinski definition) is 2. The third-order valence-corrected chi connectivity index (χ3v) is 3.10. The second-order valence-electron chi connectivity index (χ2n) is 4.40. The van der Waals surface area contributed by atoms with Crippen LogP contribution >= 0.6 is 0 Å². The molecule has 0 saturated heterocycles. The smallest absolute Gasteiger partial charge is 0.234 e. The maximum absolute atomic E-state index is 11.1. The van der Waals surface area contributed by atoms with E-state index in [0.717, 1.165) is 12.5 Å². The Kier molecular flexibility index (Phi) is 6.59. The summed E-state index contributed by atoms with van der Waals surface area (Å²) in [6.07, 6.45) is 8.00. The van der Waals surface area contributed by atoms with Gasteiger partial charge in [-0.05, 0) is 18.9 Å². The minimum Gasteiger partial charge on any atom is -0.342 e. The average Bonchev–Trinajstić information content (AvgIpc) is 2.33. The van der Waals surface area contributed by atoms with E-state index in [2.05, 4.69) is 10.6 Å². The van der Waals surface area contributed by atoms with Crippen molar-refractivity contribution in [3.8, 4) is 6.07 Å². The molecule has 0 aliphatic heterocycles. The highest BCUT2D eigenvalue weighted by Crippen LogP contribution is 2.25. The fraction of sp³-hybridized carbons (Fsp3) is 0.833. The van der Waals surface area contributed by atoms with Gasteiger partial charge in [0.05, 0.1) is 12.6 Å². The van der Waals surface area contributed by atoms with E-state index in [1.165, 1.54) is 38.5 Å². The predicted molar refractivity (Wildman–Crippen MR) is 62.7 cm³/mol. The second kappa shape index (κ2) is 8.12. The molecule has 1 saturated carbocycles. The van der Waals surface area contributed by atoms with Gasteiger partial charge in [-0.3, -0.25) is 4.79 Å². The van der Waals surface area contributed by atoms with Crippen LogP contribution in [-0.2, 0) is 4.79 Å². The molecule has 0 radical (unpaired) electrons. The normalized spacial score (nSPS) is 16.7. The van der Waals surface area contributed by atoms with Gasteiger partial charge >= 0.3 is 0 Å². The molecule has 0 bridgehead atoms. The van der Waals surface area contributed by atoms with Gasteiger partial charge in [0.15, 0.2) is 0 Å². The summed E-state index contributed by atoms with van der Waals surface area (Å²) in [6, 6.07) is 1.88. The Morgan fingerprint density at radius 1 is 1.31 bits per heavy atom. The van der Waals surface area contributed by atoms with Gasteiger partial charge < -0.3 is 10.6 Å². The first kappa shape index (κ1) is 13.0. The van der Waals surface area contributed by atoms with Gasteiger partial charge in [-0.1, -0.05) is 32.1 Å². The quantitative estimate of drug-likeness (QED) is 0.525. The molecule has 2 N–H and O–H groups in total. The largest absolute Gasteiger partial charge is 0.342 e. The highest BCUT2D eigenvalue weighted by molar-refractivity contribution is 5.78. The van der Waals surface area contributed by atoms with Crippen molar-refractivity contribution in [3.05, 3.63) is 0 Å². The molecular formula is C12H21N3O. The number of nitrogens with one attached hydrogen (secondary N) is 2. The Balaban J connectivity index is 1.94. The number of amides is 1. The Bertz CT molecular complexity index is 241. The number of nitriles is 1. The van der Waals surface area contributed by atoms with Crippen molar-refractivity contribution in [3.63, 3.8) is 0 Å². The van der Waals surface area contributed by atoms with Crippen molar-refractivity contribution < 1.29 is 4.79 Å². The van der Waals surface area contributed by atoms with E-state index in [0.29, 0.717) is 6.54 Å². The number of carbonyl (C=O) groups is 1. The molecular weight excluding hydrogens is 202 g/mol. The lowest BCUT2D eigenvalue weighted by atomic mass is 9.87. The first-order valence-corrected chi connectivity index (χ1v) is 6.17. The molecule has 0 spiro atoms. The molecule has 1 fully saturated rings. The molecule has 0 unspecified atom stereocenters. The lowest BCUT2D eigenvalue weighted by molar-refractivity contribution is -0.120. The van der Waals surface area contributed by atoms with E-state index in [-0.39, 0.29) is 12.5 Å². The number of rotatable bonds is 6. The molecule has 1 amide bonds. The zero-order valence-corrected chi connectivity index (χ0v) is 9.80. The van der Waals surface area contributed by atoms with Gasteiger partial charge in [0.1, 0.15) is 6.54 Å². The summed E-state index contributed by atoms with van der Waals surface area (Å²) in [7, 11) is 0. The van der Waals surface area contributed by atoms with Gasteiger partial charge in [0.25, 0.3) is 0 Å². The SMILES string of the molecule is N#CCNC(=O)CNCCC1CCCCC1. The summed E-state index contributed by atoms with van der Waals surface area (Å²) in [5, 5.41) is 13.9. The van der Waals surface area contributed by atoms with Gasteiger partial charge in [-0.2, -0.15) is 5.26 Å². The van der Waals surface area contributed by atoms with Crippen molar-refractivity contribution in [1.82, 2.24) is 10.6 Å². The lowest BCUT2D eigenvalue weighted by Crippen LogP contribution is -2.34. The molecule has 1 aliphatic carbocycles. The monoisotopic (exact) mass is 223 g/mol. The number of nitrogens with zero attached hydrogens (tertiary/aromatic N) is 1. The van der Waals surface area contributed by atoms with Gasteiger partial charge in [-0.15, -0.1) is 0 Å². The highest BCUT2D eigenvalue weighted by atomic mass is 16.1. The van der Waals surface area contributed by atoms with Crippen LogP contribution in [0.15, 0.2) is 0 Å². The van der Waals surface area contributed by atoms with Crippen LogP contribution in [0.25, 0.3) is 0 Å². The Hall–Kier alpha value is -1.08. The third-order valence-electron chi connectivity index (χ3n) is 3.10. The van der Waals surface area contributed by atoms with Crippen molar-refractivity contribution >= 4 is 5.91 Å². The molecule has 4 nitrogen and oxygen atoms in total. The van der Waals surface area contributed by atoms with Crippen molar-refractivity contribution in [2.45, 2.75) is 38.5 Å². The van der Waals surface area contributed by atoms with Gasteiger partial charge in [0.2, 0.25) is 5.91 Å². The van der Waals surface area contributed by atoms with E-state index in [4.69, 9.17) is 5.26 Å². The summed E-state index contributed by atoms with van der Waals surface area (Å²) < 4.78 is 0. The highest BCUT2D eigenvalue weighted by Gasteiger charge is 2.12. The topological polar surface area (TPSA) is 64.9 Å². The summed E-state index contributed by atoms with van der Waals surface area (Å²) in [5.74, 6) is 0.758. The molecule has 0 heterocycles. The minimum absolute atomic E-state index is 0.0924. The molecule has 0 atom stereocenters. The molecule has 1 rings (SSSR count). The first-order valence-electron chi connectivity index (χ1n) is 6.17. The van der Waals surface area contributed by atoms with E-state index in [1.54, 1.807) is 0 Å². The Morgan fingerprint density at radius 2 is 2.06 bits per heavy atom. The Labute approximate surface area is 97.4 Å². The maximum Gasteiger partial charge on any atom is 0.234 e. The molecule has 0 aromatic heterocycles. The summed E-state index contributed by atoms with van der Waals surface area (Å²) in [6.45, 7) is 1.34. The van der Waals surface area contributed by atoms with E-state index in [9.17, 15) is 4.79 Å². The van der Waals surface area contributed by atoms with Crippen LogP contribution in [-0.4, -0.2) is 25.5 Å². The van der Waals surface area contributed by atoms with Crippen LogP contribution in [0, 0.1) is 17.2 Å². The third kappa shape index (κ3) is 5.72. The Morgan fingerprint density at radius 3 is 2.75 bits per heavy atom. The van der Waals surface area contributed by atoms with Crippen molar-refractivity contribution in [2.75, 3.05) is 19.6 Å². The molecule has 1 aliphatic rings. The number of hydrogen-bond acceptors (Lipinski definition) is 3. The lowest BCUT2D eigenvalue weighted by Gasteiger charge is -2.21. The van der Waals surface area contributed by atoms with E-state index in [1.807, 2.05) is 6.07 Å². The van der Waals surface area contributed by atoms with E-state index < -0.39 is 0 Å². The predicted octanol–water partition coefficient (Wildman–Crippen LogP) is 1.19. The summed E-state index contributed by atoms with van der Waals surface area (Å²) >= 11 is 0. The molecule has 90 valence electrons. The van der Waals surface area contributed by atoms with Crippen LogP contribution < -0.4 is 10.6 Å². The summed E-state index contributed by atoms with van der Waals surface area (Å²) in [4.78, 5) is 11.1. The fourth-order valence-electron chi connectivity index (χ4n) is 2.18. The molecule has 16 heavy (non-hydrogen) atoms. The fourth-order valence-corrected chi connectivity index (χ4v) is 2.18. The second-order valence-corrected chi connectivity index (χ2v) is 4.40. The standard InChI is InChI=1S/C12H21N3O/c13-7-9-15-12(16)10-14-8-6-11-4-2-1-3-5-11/h11,14H,1-6,8-10H2,(H,15,16). The van der Waals surface area contributed by atoms with Crippen LogP contribution in [0.1, 0.15) is 38.5 Å². The van der Waals surface area contributed by atoms with Crippen molar-refractivity contribution in [1.29, 1.82) is 5.26 Å². The zero-order chi connectivity index (χ0) is 11.6. The molecule has 4 heteroatoms. The van der Waals surface area contributed by atoms with Gasteiger partial charge in [0, 0.05) is 0 Å². The number of carbonyl (C=O) groups excluding carboxylic acids is 1. The maximum atomic E-state index is 11.1. The molecule has 0 aromatic rings. The zero-order valence-electron chi connectivity index (χ0n) is 9.80. The molecule has 0 aromatic carbocycles. The van der Waals surface area contributed by atoms with Crippen molar-refractivity contribution in [2.24, 2.45) is 5.92 Å². The first-order chi connectivity index (χ1) is 7.83. The summed E-state index contributed by atoms with van der Waals surface area (Å²) in [5.41, 5.74) is 0.